The molecule has 0 spiro atoms. The summed E-state index contributed by atoms with van der Waals surface area (Å²) in [6.45, 7) is 0.0331. The first-order chi connectivity index (χ1) is 18.0. The molecule has 2 N–H and O–H groups in total. The second-order valence-electron chi connectivity index (χ2n) is 8.01. The molecule has 0 saturated carbocycles. The summed E-state index contributed by atoms with van der Waals surface area (Å²) in [5, 5.41) is 7.63. The van der Waals surface area contributed by atoms with Crippen LogP contribution in [0, 0.1) is 0 Å². The fourth-order valence-corrected chi connectivity index (χ4v) is 4.77. The highest BCUT2D eigenvalue weighted by molar-refractivity contribution is 6.42. The molecule has 11 heteroatoms. The molecule has 0 saturated heterocycles. The highest BCUT2D eigenvalue weighted by Crippen LogP contribution is 2.28. The number of rotatable bonds is 7. The molecule has 0 unspecified atom stereocenters. The maximum atomic E-state index is 13.1. The average Bonchev–Trinajstić information content (AvgIpc) is 2.83. The Morgan fingerprint density at radius 2 is 1.05 bits per heavy atom. The van der Waals surface area contributed by atoms with Crippen LogP contribution in [0.25, 0.3) is 0 Å². The van der Waals surface area contributed by atoms with Crippen LogP contribution < -0.4 is 15.4 Å². The Morgan fingerprint density at radius 3 is 1.50 bits per heavy atom. The number of hydrogen-bond acceptors (Lipinski definition) is 3. The number of hydrogen-bond donors (Lipinski definition) is 2. The van der Waals surface area contributed by atoms with Crippen LogP contribution in [0.1, 0.15) is 26.3 Å². The van der Waals surface area contributed by atoms with Crippen molar-refractivity contribution in [1.82, 2.24) is 0 Å². The van der Waals surface area contributed by atoms with Crippen molar-refractivity contribution in [2.75, 3.05) is 10.6 Å². The van der Waals surface area contributed by atoms with Gasteiger partial charge < -0.3 is 15.4 Å². The number of benzene rings is 4. The van der Waals surface area contributed by atoms with Crippen molar-refractivity contribution < 1.29 is 14.3 Å². The standard InChI is InChI=1S/C27H16Cl6N2O3/c28-17-6-18(29)9-21(8-17)34-26(36)15-3-14(13-38-23-1-2-24(32)25(33)12-23)4-16(5-15)27(37)35-22-10-19(30)7-20(31)11-22/h1-12H,13H2,(H,34,36)(H,35,37). The van der Waals surface area contributed by atoms with E-state index in [-0.39, 0.29) is 17.7 Å². The third-order valence-electron chi connectivity index (χ3n) is 5.05. The topological polar surface area (TPSA) is 67.4 Å². The normalized spacial score (nSPS) is 10.7. The molecule has 0 fully saturated rings. The summed E-state index contributed by atoms with van der Waals surface area (Å²) in [7, 11) is 0. The Hall–Kier alpha value is -2.64. The van der Waals surface area contributed by atoms with Crippen LogP contribution in [0.2, 0.25) is 30.1 Å². The summed E-state index contributed by atoms with van der Waals surface area (Å²) in [5.74, 6) is -0.512. The molecule has 194 valence electrons. The number of amides is 2. The molecule has 0 atom stereocenters. The SMILES string of the molecule is O=C(Nc1cc(Cl)cc(Cl)c1)c1cc(COc2ccc(Cl)c(Cl)c2)cc(C(=O)Nc2cc(Cl)cc(Cl)c2)c1. The average molecular weight is 629 g/mol. The first kappa shape index (κ1) is 28.4. The number of ether oxygens (including phenoxy) is 1. The number of carbonyl (C=O) groups excluding carboxylic acids is 2. The van der Waals surface area contributed by atoms with E-state index < -0.39 is 11.8 Å². The molecule has 0 aliphatic heterocycles. The lowest BCUT2D eigenvalue weighted by Gasteiger charge is -2.13. The molecule has 38 heavy (non-hydrogen) atoms. The van der Waals surface area contributed by atoms with E-state index in [1.54, 1.807) is 66.7 Å². The first-order valence-corrected chi connectivity index (χ1v) is 13.1. The van der Waals surface area contributed by atoms with Crippen molar-refractivity contribution in [2.45, 2.75) is 6.61 Å². The minimum Gasteiger partial charge on any atom is -0.489 e. The van der Waals surface area contributed by atoms with Gasteiger partial charge in [-0.1, -0.05) is 69.6 Å². The summed E-state index contributed by atoms with van der Waals surface area (Å²) < 4.78 is 5.82. The lowest BCUT2D eigenvalue weighted by Crippen LogP contribution is -2.17. The van der Waals surface area contributed by atoms with Gasteiger partial charge in [0.15, 0.2) is 0 Å². The van der Waals surface area contributed by atoms with E-state index in [0.29, 0.717) is 52.8 Å². The Bertz CT molecular complexity index is 1420. The van der Waals surface area contributed by atoms with Crippen LogP contribution in [-0.4, -0.2) is 11.8 Å². The zero-order valence-corrected chi connectivity index (χ0v) is 23.7. The van der Waals surface area contributed by atoms with E-state index in [0.717, 1.165) is 0 Å². The van der Waals surface area contributed by atoms with Gasteiger partial charge in [-0.05, 0) is 72.3 Å². The van der Waals surface area contributed by atoms with Crippen LogP contribution in [-0.2, 0) is 6.61 Å². The predicted octanol–water partition coefficient (Wildman–Crippen LogP) is 9.69. The summed E-state index contributed by atoms with van der Waals surface area (Å²) >= 11 is 36.2. The van der Waals surface area contributed by atoms with Gasteiger partial charge in [0, 0.05) is 48.7 Å². The Balaban J connectivity index is 1.63. The Labute approximate surface area is 248 Å². The number of carbonyl (C=O) groups is 2. The van der Waals surface area contributed by atoms with E-state index >= 15 is 0 Å². The monoisotopic (exact) mass is 626 g/mol. The third kappa shape index (κ3) is 7.70. The van der Waals surface area contributed by atoms with Gasteiger partial charge in [0.25, 0.3) is 11.8 Å². The Kier molecular flexibility index (Phi) is 9.32. The van der Waals surface area contributed by atoms with Crippen LogP contribution >= 0.6 is 69.6 Å². The van der Waals surface area contributed by atoms with E-state index in [9.17, 15) is 9.59 Å². The molecule has 0 bridgehead atoms. The summed E-state index contributed by atoms with van der Waals surface area (Å²) in [6, 6.07) is 18.8. The van der Waals surface area contributed by atoms with E-state index in [1.165, 1.54) is 6.07 Å². The van der Waals surface area contributed by atoms with Crippen molar-refractivity contribution in [3.8, 4) is 5.75 Å². The van der Waals surface area contributed by atoms with Crippen LogP contribution in [0.4, 0.5) is 11.4 Å². The molecule has 2 amide bonds. The van der Waals surface area contributed by atoms with Crippen LogP contribution in [0.3, 0.4) is 0 Å². The minimum atomic E-state index is -0.487. The fourth-order valence-electron chi connectivity index (χ4n) is 3.43. The summed E-state index contributed by atoms with van der Waals surface area (Å²) in [4.78, 5) is 26.3. The maximum absolute atomic E-state index is 13.1. The lowest BCUT2D eigenvalue weighted by molar-refractivity contribution is 0.102. The van der Waals surface area contributed by atoms with Gasteiger partial charge >= 0.3 is 0 Å². The highest BCUT2D eigenvalue weighted by atomic mass is 35.5. The Morgan fingerprint density at radius 1 is 0.579 bits per heavy atom. The molecule has 0 aliphatic rings. The molecule has 0 radical (unpaired) electrons. The second-order valence-corrected chi connectivity index (χ2v) is 10.6. The van der Waals surface area contributed by atoms with Crippen molar-refractivity contribution >= 4 is 92.8 Å². The van der Waals surface area contributed by atoms with Crippen LogP contribution in [0.15, 0.2) is 72.8 Å². The van der Waals surface area contributed by atoms with Gasteiger partial charge in [0.2, 0.25) is 0 Å². The first-order valence-electron chi connectivity index (χ1n) is 10.8. The van der Waals surface area contributed by atoms with E-state index in [4.69, 9.17) is 74.3 Å². The fraction of sp³-hybridized carbons (Fsp3) is 0.0370. The smallest absolute Gasteiger partial charge is 0.255 e. The molecule has 0 aromatic heterocycles. The summed E-state index contributed by atoms with van der Waals surface area (Å²) in [6.07, 6.45) is 0. The highest BCUT2D eigenvalue weighted by Gasteiger charge is 2.16. The van der Waals surface area contributed by atoms with Crippen molar-refractivity contribution in [3.05, 3.63) is 120 Å². The van der Waals surface area contributed by atoms with E-state index in [2.05, 4.69) is 10.6 Å². The summed E-state index contributed by atoms with van der Waals surface area (Å²) in [5.41, 5.74) is 1.73. The lowest BCUT2D eigenvalue weighted by atomic mass is 10.0. The van der Waals surface area contributed by atoms with Crippen molar-refractivity contribution in [1.29, 1.82) is 0 Å². The maximum Gasteiger partial charge on any atom is 0.255 e. The number of anilines is 2. The van der Waals surface area contributed by atoms with Gasteiger partial charge in [-0.15, -0.1) is 0 Å². The van der Waals surface area contributed by atoms with Gasteiger partial charge in [-0.2, -0.15) is 0 Å². The number of nitrogens with one attached hydrogen (secondary N) is 2. The van der Waals surface area contributed by atoms with Crippen LogP contribution in [0.5, 0.6) is 5.75 Å². The molecular formula is C27H16Cl6N2O3. The minimum absolute atomic E-state index is 0.0331. The number of halogens is 6. The van der Waals surface area contributed by atoms with Crippen molar-refractivity contribution in [2.24, 2.45) is 0 Å². The second kappa shape index (κ2) is 12.5. The third-order valence-corrected chi connectivity index (χ3v) is 6.67. The molecular weight excluding hydrogens is 613 g/mol. The van der Waals surface area contributed by atoms with Gasteiger partial charge in [0.1, 0.15) is 12.4 Å². The molecule has 4 aromatic rings. The molecule has 0 heterocycles. The largest absolute Gasteiger partial charge is 0.489 e. The predicted molar refractivity (Wildman–Crippen MR) is 156 cm³/mol. The van der Waals surface area contributed by atoms with Gasteiger partial charge in [-0.25, -0.2) is 0 Å². The molecule has 4 aromatic carbocycles. The van der Waals surface area contributed by atoms with Gasteiger partial charge in [-0.3, -0.25) is 9.59 Å². The van der Waals surface area contributed by atoms with E-state index in [1.807, 2.05) is 0 Å². The molecule has 5 nitrogen and oxygen atoms in total. The molecule has 0 aliphatic carbocycles. The molecule has 4 rings (SSSR count). The van der Waals surface area contributed by atoms with Gasteiger partial charge in [0.05, 0.1) is 10.0 Å². The zero-order valence-electron chi connectivity index (χ0n) is 19.1. The quantitative estimate of drug-likeness (QED) is 0.214. The zero-order chi connectivity index (χ0) is 27.4. The van der Waals surface area contributed by atoms with Crippen molar-refractivity contribution in [3.63, 3.8) is 0 Å².